The van der Waals surface area contributed by atoms with E-state index in [2.05, 4.69) is 66.0 Å². The van der Waals surface area contributed by atoms with Crippen LogP contribution in [0.4, 0.5) is 0 Å². The predicted molar refractivity (Wildman–Crippen MR) is 152 cm³/mol. The van der Waals surface area contributed by atoms with Gasteiger partial charge in [-0.15, -0.1) is 0 Å². The molecule has 1 aliphatic rings. The summed E-state index contributed by atoms with van der Waals surface area (Å²) in [6, 6.07) is 24.6. The van der Waals surface area contributed by atoms with Gasteiger partial charge in [-0.2, -0.15) is 0 Å². The van der Waals surface area contributed by atoms with Crippen molar-refractivity contribution in [3.05, 3.63) is 95.7 Å². The second kappa shape index (κ2) is 11.7. The molecule has 0 N–H and O–H groups in total. The van der Waals surface area contributed by atoms with Crippen molar-refractivity contribution in [3.63, 3.8) is 0 Å². The minimum absolute atomic E-state index is 0.109. The van der Waals surface area contributed by atoms with Crippen molar-refractivity contribution < 1.29 is 14.3 Å². The fraction of sp³-hybridized carbons (Fsp3) is 0.344. The van der Waals surface area contributed by atoms with Crippen molar-refractivity contribution >= 4 is 16.8 Å². The van der Waals surface area contributed by atoms with Gasteiger partial charge in [0, 0.05) is 62.7 Å². The lowest BCUT2D eigenvalue weighted by Gasteiger charge is -2.35. The molecule has 6 heteroatoms. The highest BCUT2D eigenvalue weighted by molar-refractivity contribution is 5.86. The first-order valence-electron chi connectivity index (χ1n) is 13.5. The zero-order chi connectivity index (χ0) is 26.5. The zero-order valence-corrected chi connectivity index (χ0v) is 22.6. The number of aryl methyl sites for hydroxylation is 1. The first kappa shape index (κ1) is 25.9. The monoisotopic (exact) mass is 511 g/mol. The summed E-state index contributed by atoms with van der Waals surface area (Å²) in [5.74, 6) is 1.45. The van der Waals surface area contributed by atoms with E-state index in [1.54, 1.807) is 7.11 Å². The van der Waals surface area contributed by atoms with Crippen LogP contribution in [-0.2, 0) is 18.4 Å². The second-order valence-corrected chi connectivity index (χ2v) is 9.97. The van der Waals surface area contributed by atoms with Crippen molar-refractivity contribution in [1.29, 1.82) is 0 Å². The molecule has 1 aromatic heterocycles. The topological polar surface area (TPSA) is 46.9 Å². The van der Waals surface area contributed by atoms with Gasteiger partial charge in [-0.25, -0.2) is 0 Å². The number of carbonyl (C=O) groups excluding carboxylic acids is 1. The number of likely N-dealkylation sites (N-methyl/N-ethyl adjacent to an activating group) is 1. The average Bonchev–Trinajstić information content (AvgIpc) is 3.31. The number of amides is 1. The van der Waals surface area contributed by atoms with Gasteiger partial charge < -0.3 is 23.8 Å². The fourth-order valence-electron chi connectivity index (χ4n) is 5.43. The number of benzene rings is 3. The Labute approximate surface area is 225 Å². The summed E-state index contributed by atoms with van der Waals surface area (Å²) in [5, 5.41) is 1.17. The van der Waals surface area contributed by atoms with Crippen LogP contribution in [0.1, 0.15) is 36.0 Å². The molecule has 5 rings (SSSR count). The maximum atomic E-state index is 13.7. The average molecular weight is 512 g/mol. The minimum Gasteiger partial charge on any atom is -0.493 e. The minimum atomic E-state index is -0.109. The van der Waals surface area contributed by atoms with Gasteiger partial charge in [-0.1, -0.05) is 61.5 Å². The summed E-state index contributed by atoms with van der Waals surface area (Å²) in [7, 11) is 3.73. The molecule has 1 saturated heterocycles. The Morgan fingerprint density at radius 1 is 0.921 bits per heavy atom. The van der Waals surface area contributed by atoms with Gasteiger partial charge >= 0.3 is 0 Å². The Bertz CT molecular complexity index is 1370. The molecule has 1 aliphatic heterocycles. The van der Waals surface area contributed by atoms with E-state index in [-0.39, 0.29) is 11.8 Å². The molecule has 1 unspecified atom stereocenters. The molecule has 38 heavy (non-hydrogen) atoms. The molecule has 198 valence electrons. The number of fused-ring (bicyclic) bond motifs is 1. The van der Waals surface area contributed by atoms with E-state index in [0.29, 0.717) is 24.5 Å². The number of hydrogen-bond donors (Lipinski definition) is 0. The molecule has 1 atom stereocenters. The Balaban J connectivity index is 1.49. The highest BCUT2D eigenvalue weighted by Crippen LogP contribution is 2.39. The van der Waals surface area contributed by atoms with Crippen LogP contribution in [0.3, 0.4) is 0 Å². The van der Waals surface area contributed by atoms with Crippen LogP contribution < -0.4 is 9.47 Å². The summed E-state index contributed by atoms with van der Waals surface area (Å²) in [6.45, 7) is 7.07. The smallest absolute Gasteiger partial charge is 0.223 e. The maximum Gasteiger partial charge on any atom is 0.223 e. The van der Waals surface area contributed by atoms with E-state index in [1.807, 2.05) is 41.3 Å². The van der Waals surface area contributed by atoms with Gasteiger partial charge in [-0.3, -0.25) is 4.79 Å². The van der Waals surface area contributed by atoms with Crippen molar-refractivity contribution in [2.75, 3.05) is 39.8 Å². The number of hydrogen-bond acceptors (Lipinski definition) is 4. The molecule has 0 saturated carbocycles. The number of para-hydroxylation sites is 1. The summed E-state index contributed by atoms with van der Waals surface area (Å²) in [5.41, 5.74) is 4.45. The Morgan fingerprint density at radius 3 is 2.39 bits per heavy atom. The van der Waals surface area contributed by atoms with Crippen LogP contribution in [0.15, 0.2) is 79.0 Å². The van der Waals surface area contributed by atoms with Crippen LogP contribution in [-0.4, -0.2) is 60.1 Å². The van der Waals surface area contributed by atoms with Crippen LogP contribution in [0.2, 0.25) is 0 Å². The van der Waals surface area contributed by atoms with E-state index in [4.69, 9.17) is 9.47 Å². The predicted octanol–water partition coefficient (Wildman–Crippen LogP) is 5.45. The molecule has 1 amide bonds. The Kier molecular flexibility index (Phi) is 7.99. The van der Waals surface area contributed by atoms with Gasteiger partial charge in [0.05, 0.1) is 7.11 Å². The van der Waals surface area contributed by atoms with Gasteiger partial charge in [0.2, 0.25) is 5.91 Å². The number of carbonyl (C=O) groups is 1. The summed E-state index contributed by atoms with van der Waals surface area (Å²) >= 11 is 0. The SMILES string of the molecule is CCN1CCN(C(=O)CC(c2ccc(OC)c(OCc3ccccc3)c2)c2cn(C)c3ccccc23)CC1. The normalized spacial score (nSPS) is 15.0. The van der Waals surface area contributed by atoms with E-state index < -0.39 is 0 Å². The molecule has 4 aromatic rings. The highest BCUT2D eigenvalue weighted by atomic mass is 16.5. The number of piperazine rings is 1. The van der Waals surface area contributed by atoms with Gasteiger partial charge in [-0.05, 0) is 41.4 Å². The van der Waals surface area contributed by atoms with Crippen molar-refractivity contribution in [1.82, 2.24) is 14.4 Å². The lowest BCUT2D eigenvalue weighted by Crippen LogP contribution is -2.48. The van der Waals surface area contributed by atoms with Crippen molar-refractivity contribution in [3.8, 4) is 11.5 Å². The highest BCUT2D eigenvalue weighted by Gasteiger charge is 2.27. The van der Waals surface area contributed by atoms with Crippen LogP contribution in [0, 0.1) is 0 Å². The van der Waals surface area contributed by atoms with Crippen LogP contribution in [0.5, 0.6) is 11.5 Å². The van der Waals surface area contributed by atoms with E-state index in [9.17, 15) is 4.79 Å². The second-order valence-electron chi connectivity index (χ2n) is 9.97. The molecule has 1 fully saturated rings. The zero-order valence-electron chi connectivity index (χ0n) is 22.6. The van der Waals surface area contributed by atoms with E-state index >= 15 is 0 Å². The van der Waals surface area contributed by atoms with Crippen LogP contribution >= 0.6 is 0 Å². The first-order valence-corrected chi connectivity index (χ1v) is 13.5. The van der Waals surface area contributed by atoms with Crippen LogP contribution in [0.25, 0.3) is 10.9 Å². The van der Waals surface area contributed by atoms with Gasteiger partial charge in [0.25, 0.3) is 0 Å². The van der Waals surface area contributed by atoms with Crippen molar-refractivity contribution in [2.24, 2.45) is 7.05 Å². The Morgan fingerprint density at radius 2 is 1.66 bits per heavy atom. The number of aromatic nitrogens is 1. The number of rotatable bonds is 9. The van der Waals surface area contributed by atoms with E-state index in [0.717, 1.165) is 54.9 Å². The maximum absolute atomic E-state index is 13.7. The largest absolute Gasteiger partial charge is 0.493 e. The lowest BCUT2D eigenvalue weighted by molar-refractivity contribution is -0.133. The van der Waals surface area contributed by atoms with Gasteiger partial charge in [0.15, 0.2) is 11.5 Å². The molecule has 0 radical (unpaired) electrons. The van der Waals surface area contributed by atoms with Crippen molar-refractivity contribution in [2.45, 2.75) is 25.9 Å². The molecular weight excluding hydrogens is 474 g/mol. The molecule has 0 spiro atoms. The third-order valence-electron chi connectivity index (χ3n) is 7.68. The van der Waals surface area contributed by atoms with Gasteiger partial charge in [0.1, 0.15) is 6.61 Å². The number of nitrogens with zero attached hydrogens (tertiary/aromatic N) is 3. The Hall–Kier alpha value is -3.77. The molecule has 0 aliphatic carbocycles. The quantitative estimate of drug-likeness (QED) is 0.300. The first-order chi connectivity index (χ1) is 18.6. The molecular formula is C32H37N3O3. The summed E-state index contributed by atoms with van der Waals surface area (Å²) in [4.78, 5) is 18.1. The number of ether oxygens (including phenoxy) is 2. The molecule has 3 aromatic carbocycles. The third kappa shape index (κ3) is 5.55. The third-order valence-corrected chi connectivity index (χ3v) is 7.68. The molecule has 0 bridgehead atoms. The molecule has 6 nitrogen and oxygen atoms in total. The molecule has 2 heterocycles. The number of methoxy groups -OCH3 is 1. The van der Waals surface area contributed by atoms with E-state index in [1.165, 1.54) is 5.39 Å². The lowest BCUT2D eigenvalue weighted by atomic mass is 9.87. The fourth-order valence-corrected chi connectivity index (χ4v) is 5.43. The summed E-state index contributed by atoms with van der Waals surface area (Å²) < 4.78 is 14.0. The summed E-state index contributed by atoms with van der Waals surface area (Å²) in [6.07, 6.45) is 2.58. The standard InChI is InChI=1S/C32H37N3O3/c1-4-34-16-18-35(19-17-34)32(36)21-27(28-22-33(2)29-13-9-8-12-26(28)29)25-14-15-30(37-3)31(20-25)38-23-24-10-6-5-7-11-24/h5-15,20,22,27H,4,16-19,21,23H2,1-3H3.